The highest BCUT2D eigenvalue weighted by Crippen LogP contribution is 2.43. The molecule has 5 nitrogen and oxygen atoms in total. The predicted molar refractivity (Wildman–Crippen MR) is 107 cm³/mol. The van der Waals surface area contributed by atoms with Crippen LogP contribution in [0, 0.1) is 11.3 Å². The van der Waals surface area contributed by atoms with E-state index in [0.717, 1.165) is 57.1 Å². The van der Waals surface area contributed by atoms with Gasteiger partial charge in [0.1, 0.15) is 0 Å². The summed E-state index contributed by atoms with van der Waals surface area (Å²) in [5, 5.41) is 3.58. The van der Waals surface area contributed by atoms with Crippen molar-refractivity contribution in [2.45, 2.75) is 44.9 Å². The minimum atomic E-state index is -0.347. The lowest BCUT2D eigenvalue weighted by Crippen LogP contribution is -2.51. The van der Waals surface area contributed by atoms with Crippen molar-refractivity contribution in [1.29, 1.82) is 0 Å². The molecule has 3 N–H and O–H groups in total. The minimum Gasteiger partial charge on any atom is -0.355 e. The number of carbonyl (C=O) groups excluding carboxylic acids is 2. The van der Waals surface area contributed by atoms with Gasteiger partial charge in [-0.1, -0.05) is 36.6 Å². The molecule has 6 heteroatoms. The average molecular weight is 392 g/mol. The first-order valence-electron chi connectivity index (χ1n) is 10.1. The molecule has 1 heterocycles. The molecule has 3 rings (SSSR count). The van der Waals surface area contributed by atoms with Crippen LogP contribution < -0.4 is 11.1 Å². The van der Waals surface area contributed by atoms with Crippen LogP contribution in [0.4, 0.5) is 0 Å². The van der Waals surface area contributed by atoms with Gasteiger partial charge in [0.2, 0.25) is 11.8 Å². The maximum Gasteiger partial charge on any atom is 0.229 e. The molecule has 0 bridgehead atoms. The van der Waals surface area contributed by atoms with Crippen molar-refractivity contribution in [2.24, 2.45) is 17.1 Å². The lowest BCUT2D eigenvalue weighted by molar-refractivity contribution is -0.145. The first-order valence-corrected chi connectivity index (χ1v) is 10.4. The summed E-state index contributed by atoms with van der Waals surface area (Å²) < 4.78 is 0. The Bertz CT molecular complexity index is 673. The molecule has 1 aromatic carbocycles. The summed E-state index contributed by atoms with van der Waals surface area (Å²) in [6.45, 7) is 2.19. The molecule has 1 aliphatic carbocycles. The highest BCUT2D eigenvalue weighted by Gasteiger charge is 2.44. The molecular weight excluding hydrogens is 362 g/mol. The van der Waals surface area contributed by atoms with Crippen LogP contribution in [0.3, 0.4) is 0 Å². The van der Waals surface area contributed by atoms with Gasteiger partial charge in [0.25, 0.3) is 0 Å². The fourth-order valence-electron chi connectivity index (χ4n) is 4.61. The largest absolute Gasteiger partial charge is 0.355 e. The third-order valence-electron chi connectivity index (χ3n) is 5.97. The molecule has 2 fully saturated rings. The maximum absolute atomic E-state index is 13.5. The lowest BCUT2D eigenvalue weighted by atomic mass is 9.78. The second-order valence-electron chi connectivity index (χ2n) is 7.96. The van der Waals surface area contributed by atoms with Gasteiger partial charge < -0.3 is 16.0 Å². The summed E-state index contributed by atoms with van der Waals surface area (Å²) in [4.78, 5) is 27.8. The molecule has 1 saturated carbocycles. The van der Waals surface area contributed by atoms with E-state index in [-0.39, 0.29) is 23.1 Å². The first kappa shape index (κ1) is 20.2. The Kier molecular flexibility index (Phi) is 6.77. The molecule has 1 unspecified atom stereocenters. The quantitative estimate of drug-likeness (QED) is 0.782. The van der Waals surface area contributed by atoms with Crippen LogP contribution in [-0.2, 0) is 16.0 Å². The van der Waals surface area contributed by atoms with E-state index in [4.69, 9.17) is 17.3 Å². The van der Waals surface area contributed by atoms with Crippen LogP contribution in [-0.4, -0.2) is 42.9 Å². The Morgan fingerprint density at radius 1 is 1.26 bits per heavy atom. The predicted octanol–water partition coefficient (Wildman–Crippen LogP) is 2.76. The minimum absolute atomic E-state index is 0.0215. The topological polar surface area (TPSA) is 75.4 Å². The smallest absolute Gasteiger partial charge is 0.229 e. The zero-order chi connectivity index (χ0) is 19.3. The Hall–Kier alpha value is -1.59. The summed E-state index contributed by atoms with van der Waals surface area (Å²) >= 11 is 6.15. The van der Waals surface area contributed by atoms with Crippen LogP contribution in [0.15, 0.2) is 24.3 Å². The van der Waals surface area contributed by atoms with Gasteiger partial charge in [-0.3, -0.25) is 9.59 Å². The molecule has 1 aromatic rings. The molecular formula is C21H30ClN3O2. The van der Waals surface area contributed by atoms with E-state index < -0.39 is 0 Å². The summed E-state index contributed by atoms with van der Waals surface area (Å²) in [6.07, 6.45) is 6.44. The van der Waals surface area contributed by atoms with Gasteiger partial charge in [-0.2, -0.15) is 0 Å². The summed E-state index contributed by atoms with van der Waals surface area (Å²) in [6, 6.07) is 7.83. The van der Waals surface area contributed by atoms with E-state index in [1.807, 2.05) is 23.1 Å². The van der Waals surface area contributed by atoms with Gasteiger partial charge in [0.05, 0.1) is 11.3 Å². The highest BCUT2D eigenvalue weighted by atomic mass is 35.5. The lowest BCUT2D eigenvalue weighted by Gasteiger charge is -2.39. The van der Waals surface area contributed by atoms with E-state index in [1.54, 1.807) is 0 Å². The SMILES string of the molecule is NCCNC(=O)C1CCCN(C(=O)C2(Cc3cccc(Cl)c3)CCCC2)C1. The number of nitrogens with two attached hydrogens (primary N) is 1. The van der Waals surface area contributed by atoms with E-state index in [0.29, 0.717) is 24.7 Å². The van der Waals surface area contributed by atoms with Gasteiger partial charge in [-0.15, -0.1) is 0 Å². The van der Waals surface area contributed by atoms with Crippen molar-refractivity contribution >= 4 is 23.4 Å². The Labute approximate surface area is 166 Å². The Morgan fingerprint density at radius 2 is 2.04 bits per heavy atom. The second-order valence-corrected chi connectivity index (χ2v) is 8.40. The standard InChI is InChI=1S/C21H30ClN3O2/c22-18-7-3-5-16(13-18)14-21(8-1-2-9-21)20(27)25-12-4-6-17(15-25)19(26)24-11-10-23/h3,5,7,13,17H,1-2,4,6,8-12,14-15,23H2,(H,24,26). The second kappa shape index (κ2) is 9.07. The number of halogens is 1. The molecule has 2 aliphatic rings. The van der Waals surface area contributed by atoms with Crippen molar-refractivity contribution in [3.05, 3.63) is 34.9 Å². The van der Waals surface area contributed by atoms with E-state index in [9.17, 15) is 9.59 Å². The van der Waals surface area contributed by atoms with Gasteiger partial charge in [0, 0.05) is 31.2 Å². The third kappa shape index (κ3) is 4.82. The van der Waals surface area contributed by atoms with Gasteiger partial charge in [0.15, 0.2) is 0 Å². The molecule has 0 aromatic heterocycles. The fourth-order valence-corrected chi connectivity index (χ4v) is 4.82. The Morgan fingerprint density at radius 3 is 2.74 bits per heavy atom. The number of hydrogen-bond donors (Lipinski definition) is 2. The number of amides is 2. The van der Waals surface area contributed by atoms with Crippen LogP contribution in [0.1, 0.15) is 44.1 Å². The zero-order valence-corrected chi connectivity index (χ0v) is 16.6. The van der Waals surface area contributed by atoms with Crippen molar-refractivity contribution in [3.63, 3.8) is 0 Å². The maximum atomic E-state index is 13.5. The number of benzene rings is 1. The monoisotopic (exact) mass is 391 g/mol. The number of nitrogens with one attached hydrogen (secondary N) is 1. The van der Waals surface area contributed by atoms with Gasteiger partial charge in [-0.05, 0) is 49.8 Å². The Balaban J connectivity index is 1.71. The molecule has 0 spiro atoms. The number of nitrogens with zero attached hydrogens (tertiary/aromatic N) is 1. The number of rotatable bonds is 6. The van der Waals surface area contributed by atoms with Crippen LogP contribution >= 0.6 is 11.6 Å². The number of carbonyl (C=O) groups is 2. The summed E-state index contributed by atoms with van der Waals surface area (Å²) in [5.74, 6) is 0.114. The summed E-state index contributed by atoms with van der Waals surface area (Å²) in [7, 11) is 0. The third-order valence-corrected chi connectivity index (χ3v) is 6.20. The molecule has 2 amide bonds. The molecule has 148 valence electrons. The fraction of sp³-hybridized carbons (Fsp3) is 0.619. The van der Waals surface area contributed by atoms with E-state index >= 15 is 0 Å². The van der Waals surface area contributed by atoms with Crippen molar-refractivity contribution < 1.29 is 9.59 Å². The van der Waals surface area contributed by atoms with Crippen molar-refractivity contribution in [2.75, 3.05) is 26.2 Å². The van der Waals surface area contributed by atoms with Crippen molar-refractivity contribution in [1.82, 2.24) is 10.2 Å². The zero-order valence-electron chi connectivity index (χ0n) is 15.9. The highest BCUT2D eigenvalue weighted by molar-refractivity contribution is 6.30. The van der Waals surface area contributed by atoms with E-state index in [1.165, 1.54) is 0 Å². The van der Waals surface area contributed by atoms with Crippen LogP contribution in [0.25, 0.3) is 0 Å². The van der Waals surface area contributed by atoms with Crippen LogP contribution in [0.2, 0.25) is 5.02 Å². The normalized spacial score (nSPS) is 21.9. The molecule has 1 atom stereocenters. The van der Waals surface area contributed by atoms with Gasteiger partial charge in [-0.25, -0.2) is 0 Å². The van der Waals surface area contributed by atoms with Gasteiger partial charge >= 0.3 is 0 Å². The van der Waals surface area contributed by atoms with Crippen LogP contribution in [0.5, 0.6) is 0 Å². The first-order chi connectivity index (χ1) is 13.0. The number of piperidine rings is 1. The number of likely N-dealkylation sites (tertiary alicyclic amines) is 1. The molecule has 1 aliphatic heterocycles. The molecule has 0 radical (unpaired) electrons. The summed E-state index contributed by atoms with van der Waals surface area (Å²) in [5.41, 5.74) is 6.25. The number of hydrogen-bond acceptors (Lipinski definition) is 3. The van der Waals surface area contributed by atoms with E-state index in [2.05, 4.69) is 11.4 Å². The molecule has 1 saturated heterocycles. The van der Waals surface area contributed by atoms with Crippen molar-refractivity contribution in [3.8, 4) is 0 Å². The molecule has 27 heavy (non-hydrogen) atoms. The average Bonchev–Trinajstić information content (AvgIpc) is 3.15.